The van der Waals surface area contributed by atoms with E-state index in [0.29, 0.717) is 43.3 Å². The third kappa shape index (κ3) is 7.68. The molecule has 0 saturated heterocycles. The predicted octanol–water partition coefficient (Wildman–Crippen LogP) is -0.595. The maximum Gasteiger partial charge on any atom is 0.327 e. The Morgan fingerprint density at radius 2 is 1.15 bits per heavy atom. The fourth-order valence-corrected chi connectivity index (χ4v) is 3.11. The number of hydrogen-bond donors (Lipinski definition) is 0. The SMILES string of the molecule is CCOC(=O)Cn1cc(CN(Cc2cn(CC(C)=O)nn2)Cc2cn(CC(C)=O)nn2)nn1. The Balaban J connectivity index is 1.72. The third-order valence-electron chi connectivity index (χ3n) is 4.28. The molecule has 0 saturated carbocycles. The summed E-state index contributed by atoms with van der Waals surface area (Å²) < 4.78 is 9.31. The van der Waals surface area contributed by atoms with Gasteiger partial charge in [-0.05, 0) is 20.8 Å². The molecule has 0 radical (unpaired) electrons. The molecule has 0 atom stereocenters. The maximum atomic E-state index is 11.7. The highest BCUT2D eigenvalue weighted by Gasteiger charge is 2.16. The van der Waals surface area contributed by atoms with Gasteiger partial charge in [0, 0.05) is 19.6 Å². The van der Waals surface area contributed by atoms with E-state index in [4.69, 9.17) is 4.74 Å². The molecule has 14 nitrogen and oxygen atoms in total. The van der Waals surface area contributed by atoms with E-state index >= 15 is 0 Å². The summed E-state index contributed by atoms with van der Waals surface area (Å²) in [6.45, 7) is 6.43. The highest BCUT2D eigenvalue weighted by atomic mass is 16.5. The number of hydrogen-bond acceptors (Lipinski definition) is 11. The fourth-order valence-electron chi connectivity index (χ4n) is 3.11. The van der Waals surface area contributed by atoms with E-state index in [-0.39, 0.29) is 31.2 Å². The lowest BCUT2D eigenvalue weighted by Gasteiger charge is -2.18. The Bertz CT molecular complexity index is 1050. The van der Waals surface area contributed by atoms with Crippen molar-refractivity contribution in [1.29, 1.82) is 0 Å². The lowest BCUT2D eigenvalue weighted by molar-refractivity contribution is -0.144. The minimum absolute atomic E-state index is 0.0244. The van der Waals surface area contributed by atoms with E-state index in [0.717, 1.165) is 0 Å². The van der Waals surface area contributed by atoms with Gasteiger partial charge in [-0.1, -0.05) is 15.6 Å². The van der Waals surface area contributed by atoms with Crippen molar-refractivity contribution in [3.8, 4) is 0 Å². The van der Waals surface area contributed by atoms with Gasteiger partial charge in [-0.15, -0.1) is 15.3 Å². The molecule has 0 aliphatic rings. The summed E-state index contributed by atoms with van der Waals surface area (Å²) in [6.07, 6.45) is 5.08. The van der Waals surface area contributed by atoms with Crippen LogP contribution in [0.4, 0.5) is 0 Å². The fraction of sp³-hybridized carbons (Fsp3) is 0.526. The van der Waals surface area contributed by atoms with Crippen molar-refractivity contribution in [2.45, 2.75) is 60.0 Å². The second-order valence-electron chi connectivity index (χ2n) is 7.58. The molecule has 0 N–H and O–H groups in total. The van der Waals surface area contributed by atoms with Crippen molar-refractivity contribution in [2.24, 2.45) is 0 Å². The van der Waals surface area contributed by atoms with Gasteiger partial charge in [0.1, 0.15) is 19.6 Å². The molecule has 3 aromatic heterocycles. The summed E-state index contributed by atoms with van der Waals surface area (Å²) in [4.78, 5) is 36.3. The summed E-state index contributed by atoms with van der Waals surface area (Å²) in [5.74, 6) is -0.442. The molecule has 0 fully saturated rings. The van der Waals surface area contributed by atoms with Gasteiger partial charge in [0.05, 0.1) is 42.3 Å². The van der Waals surface area contributed by atoms with Crippen LogP contribution in [0.3, 0.4) is 0 Å². The van der Waals surface area contributed by atoms with E-state index in [2.05, 4.69) is 30.9 Å². The van der Waals surface area contributed by atoms with Crippen molar-refractivity contribution >= 4 is 17.5 Å². The first-order chi connectivity index (χ1) is 15.8. The van der Waals surface area contributed by atoms with Crippen LogP contribution in [0, 0.1) is 0 Å². The summed E-state index contributed by atoms with van der Waals surface area (Å²) >= 11 is 0. The monoisotopic (exact) mass is 458 g/mol. The van der Waals surface area contributed by atoms with Crippen molar-refractivity contribution in [3.63, 3.8) is 0 Å². The normalized spacial score (nSPS) is 11.2. The van der Waals surface area contributed by atoms with E-state index in [9.17, 15) is 14.4 Å². The largest absolute Gasteiger partial charge is 0.465 e. The number of carbonyl (C=O) groups excluding carboxylic acids is 3. The lowest BCUT2D eigenvalue weighted by atomic mass is 10.3. The quantitative estimate of drug-likeness (QED) is 0.301. The summed E-state index contributed by atoms with van der Waals surface area (Å²) in [5.41, 5.74) is 1.95. The molecule has 0 unspecified atom stereocenters. The molecule has 3 heterocycles. The standard InChI is InChI=1S/C19H26N10O4/c1-4-33-19(32)13-29-12-18(22-25-29)9-26(7-16-10-27(23-20-16)5-14(2)30)8-17-11-28(24-21-17)6-15(3)31/h10-12H,4-9,13H2,1-3H3. The highest BCUT2D eigenvalue weighted by molar-refractivity contribution is 5.75. The van der Waals surface area contributed by atoms with Gasteiger partial charge in [0.25, 0.3) is 0 Å². The topological polar surface area (TPSA) is 156 Å². The van der Waals surface area contributed by atoms with E-state index < -0.39 is 5.97 Å². The zero-order chi connectivity index (χ0) is 23.8. The molecule has 0 bridgehead atoms. The average Bonchev–Trinajstić information content (AvgIpc) is 3.44. The van der Waals surface area contributed by atoms with Gasteiger partial charge in [0.2, 0.25) is 0 Å². The molecule has 14 heteroatoms. The van der Waals surface area contributed by atoms with Gasteiger partial charge < -0.3 is 4.74 Å². The van der Waals surface area contributed by atoms with Crippen molar-refractivity contribution in [2.75, 3.05) is 6.61 Å². The number of esters is 1. The summed E-state index contributed by atoms with van der Waals surface area (Å²) in [6, 6.07) is 0. The average molecular weight is 458 g/mol. The molecule has 3 aromatic rings. The number of ether oxygens (including phenoxy) is 1. The number of nitrogens with zero attached hydrogens (tertiary/aromatic N) is 10. The lowest BCUT2D eigenvalue weighted by Crippen LogP contribution is -2.23. The molecule has 176 valence electrons. The Morgan fingerprint density at radius 1 is 0.758 bits per heavy atom. The van der Waals surface area contributed by atoms with E-state index in [1.54, 1.807) is 25.5 Å². The third-order valence-corrected chi connectivity index (χ3v) is 4.28. The van der Waals surface area contributed by atoms with Gasteiger partial charge in [-0.3, -0.25) is 19.3 Å². The van der Waals surface area contributed by atoms with Crippen molar-refractivity contribution in [3.05, 3.63) is 35.7 Å². The van der Waals surface area contributed by atoms with E-state index in [1.165, 1.54) is 27.9 Å². The molecule has 0 amide bonds. The van der Waals surface area contributed by atoms with Crippen LogP contribution in [0.1, 0.15) is 37.9 Å². The molecule has 0 aliphatic heterocycles. The number of rotatable bonds is 13. The van der Waals surface area contributed by atoms with Crippen molar-refractivity contribution < 1.29 is 19.1 Å². The number of ketones is 2. The first-order valence-electron chi connectivity index (χ1n) is 10.3. The van der Waals surface area contributed by atoms with Crippen LogP contribution in [0.25, 0.3) is 0 Å². The van der Waals surface area contributed by atoms with Crippen molar-refractivity contribution in [1.82, 2.24) is 49.9 Å². The van der Waals surface area contributed by atoms with Crippen LogP contribution in [0.5, 0.6) is 0 Å². The van der Waals surface area contributed by atoms with Gasteiger partial charge in [0.15, 0.2) is 11.6 Å². The predicted molar refractivity (Wildman–Crippen MR) is 111 cm³/mol. The second-order valence-corrected chi connectivity index (χ2v) is 7.58. The molecule has 0 aromatic carbocycles. The highest BCUT2D eigenvalue weighted by Crippen LogP contribution is 2.11. The zero-order valence-corrected chi connectivity index (χ0v) is 18.8. The molecule has 0 spiro atoms. The molecule has 33 heavy (non-hydrogen) atoms. The Morgan fingerprint density at radius 3 is 1.52 bits per heavy atom. The molecule has 3 rings (SSSR count). The van der Waals surface area contributed by atoms with Gasteiger partial charge in [-0.25, -0.2) is 14.0 Å². The number of carbonyl (C=O) groups is 3. The first kappa shape index (κ1) is 23.8. The van der Waals surface area contributed by atoms with E-state index in [1.807, 2.05) is 4.90 Å². The van der Waals surface area contributed by atoms with Crippen LogP contribution in [-0.2, 0) is 58.4 Å². The second kappa shape index (κ2) is 11.2. The van der Waals surface area contributed by atoms with Gasteiger partial charge in [-0.2, -0.15) is 0 Å². The Hall–Kier alpha value is -3.81. The minimum atomic E-state index is -0.394. The first-order valence-corrected chi connectivity index (χ1v) is 10.3. The minimum Gasteiger partial charge on any atom is -0.465 e. The summed E-state index contributed by atoms with van der Waals surface area (Å²) in [5, 5.41) is 24.3. The number of aromatic nitrogens is 9. The zero-order valence-electron chi connectivity index (χ0n) is 18.8. The molecular weight excluding hydrogens is 432 g/mol. The van der Waals surface area contributed by atoms with Crippen LogP contribution in [-0.4, -0.2) is 74.0 Å². The molecule has 0 aliphatic carbocycles. The molecular formula is C19H26N10O4. The smallest absolute Gasteiger partial charge is 0.327 e. The Labute approximate surface area is 189 Å². The summed E-state index contributed by atoms with van der Waals surface area (Å²) in [7, 11) is 0. The van der Waals surface area contributed by atoms with Crippen LogP contribution >= 0.6 is 0 Å². The van der Waals surface area contributed by atoms with Gasteiger partial charge >= 0.3 is 5.97 Å². The van der Waals surface area contributed by atoms with Crippen LogP contribution < -0.4 is 0 Å². The Kier molecular flexibility index (Phi) is 8.07. The van der Waals surface area contributed by atoms with Crippen LogP contribution in [0.15, 0.2) is 18.6 Å². The maximum absolute atomic E-state index is 11.7. The van der Waals surface area contributed by atoms with Crippen LogP contribution in [0.2, 0.25) is 0 Å². The number of Topliss-reactive ketones (excluding diaryl/α,β-unsaturated/α-hetero) is 2.